The highest BCUT2D eigenvalue weighted by Crippen LogP contribution is 2.20. The molecule has 4 nitrogen and oxygen atoms in total. The molecule has 0 amide bonds. The summed E-state index contributed by atoms with van der Waals surface area (Å²) >= 11 is 3.42. The third kappa shape index (κ3) is 2.56. The van der Waals surface area contributed by atoms with Gasteiger partial charge in [0, 0.05) is 24.3 Å². The summed E-state index contributed by atoms with van der Waals surface area (Å²) in [5.41, 5.74) is 2.16. The average molecular weight is 315 g/mol. The van der Waals surface area contributed by atoms with Gasteiger partial charge in [0.2, 0.25) is 0 Å². The fourth-order valence-corrected chi connectivity index (χ4v) is 2.29. The quantitative estimate of drug-likeness (QED) is 0.805. The topological polar surface area (TPSA) is 50.7 Å². The lowest BCUT2D eigenvalue weighted by Gasteiger charge is -2.08. The molecule has 19 heavy (non-hydrogen) atoms. The van der Waals surface area contributed by atoms with E-state index in [1.165, 1.54) is 6.33 Å². The van der Waals surface area contributed by atoms with Gasteiger partial charge in [-0.2, -0.15) is 0 Å². The highest BCUT2D eigenvalue weighted by molar-refractivity contribution is 9.10. The molecule has 0 unspecified atom stereocenters. The van der Waals surface area contributed by atoms with E-state index in [1.54, 1.807) is 6.20 Å². The summed E-state index contributed by atoms with van der Waals surface area (Å²) in [6.45, 7) is 0.671. The Morgan fingerprint density at radius 3 is 2.89 bits per heavy atom. The van der Waals surface area contributed by atoms with Gasteiger partial charge in [-0.25, -0.2) is 9.97 Å². The number of nitrogens with one attached hydrogen (secondary N) is 1. The smallest absolute Gasteiger partial charge is 0.144 e. The van der Waals surface area contributed by atoms with Gasteiger partial charge in [-0.05, 0) is 27.6 Å². The molecule has 0 aliphatic heterocycles. The molecular formula is C14H11BrN4. The van der Waals surface area contributed by atoms with Crippen molar-refractivity contribution in [2.45, 2.75) is 6.54 Å². The van der Waals surface area contributed by atoms with Gasteiger partial charge in [-0.1, -0.05) is 24.3 Å². The van der Waals surface area contributed by atoms with Crippen molar-refractivity contribution in [3.8, 4) is 0 Å². The summed E-state index contributed by atoms with van der Waals surface area (Å²) in [4.78, 5) is 12.6. The zero-order chi connectivity index (χ0) is 13.1. The number of halogens is 1. The molecule has 2 aromatic heterocycles. The fourth-order valence-electron chi connectivity index (χ4n) is 1.93. The molecule has 0 saturated heterocycles. The van der Waals surface area contributed by atoms with E-state index in [4.69, 9.17) is 0 Å². The van der Waals surface area contributed by atoms with Gasteiger partial charge in [-0.15, -0.1) is 0 Å². The average Bonchev–Trinajstić information content (AvgIpc) is 2.46. The molecule has 1 N–H and O–H groups in total. The van der Waals surface area contributed by atoms with Crippen molar-refractivity contribution in [2.24, 2.45) is 0 Å². The van der Waals surface area contributed by atoms with Gasteiger partial charge in [-0.3, -0.25) is 4.98 Å². The van der Waals surface area contributed by atoms with Gasteiger partial charge < -0.3 is 5.32 Å². The van der Waals surface area contributed by atoms with Gasteiger partial charge in [0.15, 0.2) is 0 Å². The number of hydrogen-bond donors (Lipinski definition) is 1. The van der Waals surface area contributed by atoms with E-state index in [0.717, 1.165) is 26.8 Å². The molecule has 3 aromatic rings. The second-order valence-electron chi connectivity index (χ2n) is 4.07. The van der Waals surface area contributed by atoms with Crippen LogP contribution in [-0.4, -0.2) is 15.0 Å². The molecule has 5 heteroatoms. The molecule has 94 valence electrons. The zero-order valence-electron chi connectivity index (χ0n) is 10.0. The molecular weight excluding hydrogens is 304 g/mol. The minimum absolute atomic E-state index is 0.671. The predicted octanol–water partition coefficient (Wildman–Crippen LogP) is 3.40. The number of para-hydroxylation sites is 1. The minimum Gasteiger partial charge on any atom is -0.365 e. The Labute approximate surface area is 119 Å². The zero-order valence-corrected chi connectivity index (χ0v) is 11.6. The predicted molar refractivity (Wildman–Crippen MR) is 78.8 cm³/mol. The Hall–Kier alpha value is -2.01. The van der Waals surface area contributed by atoms with Crippen molar-refractivity contribution >= 4 is 32.7 Å². The number of benzene rings is 1. The van der Waals surface area contributed by atoms with Crippen LogP contribution in [0.15, 0.2) is 53.5 Å². The van der Waals surface area contributed by atoms with Crippen molar-refractivity contribution in [2.75, 3.05) is 5.32 Å². The Kier molecular flexibility index (Phi) is 3.37. The van der Waals surface area contributed by atoms with Crippen LogP contribution in [0.2, 0.25) is 0 Å². The molecule has 1 aromatic carbocycles. The van der Waals surface area contributed by atoms with Gasteiger partial charge in [0.25, 0.3) is 0 Å². The second-order valence-corrected chi connectivity index (χ2v) is 4.92. The van der Waals surface area contributed by atoms with E-state index < -0.39 is 0 Å². The summed E-state index contributed by atoms with van der Waals surface area (Å²) in [6.07, 6.45) is 5.05. The lowest BCUT2D eigenvalue weighted by atomic mass is 10.1. The Balaban J connectivity index is 1.88. The van der Waals surface area contributed by atoms with Crippen molar-refractivity contribution in [3.63, 3.8) is 0 Å². The van der Waals surface area contributed by atoms with Crippen LogP contribution in [0.4, 0.5) is 5.82 Å². The molecule has 0 atom stereocenters. The second kappa shape index (κ2) is 5.32. The maximum atomic E-state index is 4.43. The third-order valence-electron chi connectivity index (χ3n) is 2.83. The van der Waals surface area contributed by atoms with Crippen molar-refractivity contribution < 1.29 is 0 Å². The monoisotopic (exact) mass is 314 g/mol. The summed E-state index contributed by atoms with van der Waals surface area (Å²) in [5.74, 6) is 0.780. The van der Waals surface area contributed by atoms with Crippen LogP contribution < -0.4 is 5.32 Å². The molecule has 0 spiro atoms. The van der Waals surface area contributed by atoms with E-state index in [9.17, 15) is 0 Å². The van der Waals surface area contributed by atoms with Gasteiger partial charge in [0.05, 0.1) is 9.99 Å². The van der Waals surface area contributed by atoms with Crippen LogP contribution in [0.1, 0.15) is 5.56 Å². The number of nitrogens with zero attached hydrogens (tertiary/aromatic N) is 3. The van der Waals surface area contributed by atoms with Crippen LogP contribution in [0, 0.1) is 0 Å². The number of anilines is 1. The van der Waals surface area contributed by atoms with Crippen molar-refractivity contribution in [1.29, 1.82) is 0 Å². The summed E-state index contributed by atoms with van der Waals surface area (Å²) in [5, 5.41) is 4.43. The molecule has 0 bridgehead atoms. The van der Waals surface area contributed by atoms with Gasteiger partial charge >= 0.3 is 0 Å². The highest BCUT2D eigenvalue weighted by Gasteiger charge is 2.04. The van der Waals surface area contributed by atoms with E-state index in [1.807, 2.05) is 18.3 Å². The standard InChI is InChI=1S/C14H11BrN4/c15-12-8-16-9-19-14(12)18-7-11-4-1-3-10-5-2-6-17-13(10)11/h1-6,8-9H,7H2,(H,16,18,19). The largest absolute Gasteiger partial charge is 0.365 e. The van der Waals surface area contributed by atoms with Crippen LogP contribution in [-0.2, 0) is 6.54 Å². The normalized spacial score (nSPS) is 10.6. The number of pyridine rings is 1. The van der Waals surface area contributed by atoms with E-state index in [0.29, 0.717) is 6.54 Å². The van der Waals surface area contributed by atoms with Crippen LogP contribution in [0.5, 0.6) is 0 Å². The molecule has 0 fully saturated rings. The Morgan fingerprint density at radius 1 is 1.11 bits per heavy atom. The highest BCUT2D eigenvalue weighted by atomic mass is 79.9. The summed E-state index contributed by atoms with van der Waals surface area (Å²) in [6, 6.07) is 10.2. The van der Waals surface area contributed by atoms with E-state index >= 15 is 0 Å². The lowest BCUT2D eigenvalue weighted by Crippen LogP contribution is -2.03. The molecule has 0 aliphatic carbocycles. The Bertz CT molecular complexity index is 709. The molecule has 2 heterocycles. The minimum atomic E-state index is 0.671. The number of rotatable bonds is 3. The third-order valence-corrected chi connectivity index (χ3v) is 3.41. The van der Waals surface area contributed by atoms with Crippen molar-refractivity contribution in [1.82, 2.24) is 15.0 Å². The first kappa shape index (κ1) is 12.0. The van der Waals surface area contributed by atoms with E-state index in [-0.39, 0.29) is 0 Å². The van der Waals surface area contributed by atoms with Crippen LogP contribution in [0.25, 0.3) is 10.9 Å². The SMILES string of the molecule is Brc1cncnc1NCc1cccc2cccnc12. The fraction of sp³-hybridized carbons (Fsp3) is 0.0714. The maximum Gasteiger partial charge on any atom is 0.144 e. The first-order chi connectivity index (χ1) is 9.34. The van der Waals surface area contributed by atoms with Crippen molar-refractivity contribution in [3.05, 3.63) is 59.1 Å². The number of hydrogen-bond acceptors (Lipinski definition) is 4. The molecule has 0 aliphatic rings. The maximum absolute atomic E-state index is 4.43. The van der Waals surface area contributed by atoms with Gasteiger partial charge in [0.1, 0.15) is 12.1 Å². The number of aromatic nitrogens is 3. The molecule has 0 saturated carbocycles. The van der Waals surface area contributed by atoms with Crippen LogP contribution in [0.3, 0.4) is 0 Å². The molecule has 0 radical (unpaired) electrons. The summed E-state index contributed by atoms with van der Waals surface area (Å²) in [7, 11) is 0. The summed E-state index contributed by atoms with van der Waals surface area (Å²) < 4.78 is 0.850. The Morgan fingerprint density at radius 2 is 2.00 bits per heavy atom. The van der Waals surface area contributed by atoms with E-state index in [2.05, 4.69) is 54.4 Å². The lowest BCUT2D eigenvalue weighted by molar-refractivity contribution is 1.07. The number of fused-ring (bicyclic) bond motifs is 1. The molecule has 3 rings (SSSR count). The first-order valence-electron chi connectivity index (χ1n) is 5.86. The first-order valence-corrected chi connectivity index (χ1v) is 6.66. The van der Waals surface area contributed by atoms with Crippen LogP contribution >= 0.6 is 15.9 Å².